The van der Waals surface area contributed by atoms with Crippen LogP contribution in [0.15, 0.2) is 24.3 Å². The molecule has 2 rings (SSSR count). The van der Waals surface area contributed by atoms with Gasteiger partial charge in [-0.15, -0.1) is 0 Å². The van der Waals surface area contributed by atoms with Crippen molar-refractivity contribution in [2.75, 3.05) is 13.2 Å². The molecule has 0 aromatic heterocycles. The zero-order chi connectivity index (χ0) is 17.6. The molecule has 0 radical (unpaired) electrons. The number of ether oxygens (including phenoxy) is 1. The fourth-order valence-corrected chi connectivity index (χ4v) is 2.71. The van der Waals surface area contributed by atoms with Crippen LogP contribution in [0.3, 0.4) is 0 Å². The quantitative estimate of drug-likeness (QED) is 0.742. The maximum Gasteiger partial charge on any atom is 0.422 e. The lowest BCUT2D eigenvalue weighted by Crippen LogP contribution is -2.52. The minimum Gasteiger partial charge on any atom is -0.484 e. The average Bonchev–Trinajstić information content (AvgIpc) is 3.00. The van der Waals surface area contributed by atoms with E-state index < -0.39 is 18.3 Å². The Balaban J connectivity index is 1.78. The van der Waals surface area contributed by atoms with Gasteiger partial charge in [0.1, 0.15) is 5.75 Å². The molecule has 1 saturated carbocycles. The Bertz CT molecular complexity index is 540. The van der Waals surface area contributed by atoms with Crippen molar-refractivity contribution in [2.24, 2.45) is 0 Å². The lowest BCUT2D eigenvalue weighted by atomic mass is 9.99. The Morgan fingerprint density at radius 2 is 1.83 bits per heavy atom. The van der Waals surface area contributed by atoms with Crippen LogP contribution >= 0.6 is 0 Å². The Labute approximate surface area is 138 Å². The Morgan fingerprint density at radius 1 is 1.21 bits per heavy atom. The van der Waals surface area contributed by atoms with Gasteiger partial charge in [0.25, 0.3) is 0 Å². The van der Waals surface area contributed by atoms with Gasteiger partial charge >= 0.3 is 12.2 Å². The summed E-state index contributed by atoms with van der Waals surface area (Å²) in [6, 6.07) is 5.65. The zero-order valence-corrected chi connectivity index (χ0v) is 13.2. The summed E-state index contributed by atoms with van der Waals surface area (Å²) in [6.07, 6.45) is -0.925. The maximum atomic E-state index is 12.1. The van der Waals surface area contributed by atoms with Crippen LogP contribution < -0.4 is 15.4 Å². The topological polar surface area (TPSA) is 70.6 Å². The maximum absolute atomic E-state index is 12.1. The summed E-state index contributed by atoms with van der Waals surface area (Å²) in [6.45, 7) is -1.20. The SMILES string of the molecule is O=C(NCc1ccc(OCC(F)(F)F)cc1)NC1(CO)CCCC1. The molecular weight excluding hydrogens is 325 g/mol. The van der Waals surface area contributed by atoms with Gasteiger partial charge in [0, 0.05) is 6.54 Å². The second-order valence-electron chi connectivity index (χ2n) is 6.00. The van der Waals surface area contributed by atoms with Crippen LogP contribution in [0.2, 0.25) is 0 Å². The van der Waals surface area contributed by atoms with Crippen LogP contribution in [0.5, 0.6) is 5.75 Å². The van der Waals surface area contributed by atoms with E-state index in [-0.39, 0.29) is 24.9 Å². The molecule has 0 bridgehead atoms. The van der Waals surface area contributed by atoms with Crippen LogP contribution in [-0.4, -0.2) is 36.1 Å². The number of benzene rings is 1. The second kappa shape index (κ2) is 7.74. The molecule has 0 unspecified atom stereocenters. The van der Waals surface area contributed by atoms with Gasteiger partial charge in [-0.1, -0.05) is 25.0 Å². The molecule has 0 saturated heterocycles. The second-order valence-corrected chi connectivity index (χ2v) is 6.00. The largest absolute Gasteiger partial charge is 0.484 e. The molecule has 0 atom stereocenters. The molecule has 1 aromatic carbocycles. The van der Waals surface area contributed by atoms with Gasteiger partial charge in [-0.2, -0.15) is 13.2 Å². The number of alkyl halides is 3. The number of carbonyl (C=O) groups excluding carboxylic acids is 1. The fourth-order valence-electron chi connectivity index (χ4n) is 2.71. The van der Waals surface area contributed by atoms with E-state index in [1.54, 1.807) is 12.1 Å². The normalized spacial score (nSPS) is 16.7. The lowest BCUT2D eigenvalue weighted by Gasteiger charge is -2.28. The van der Waals surface area contributed by atoms with Crippen LogP contribution in [0.4, 0.5) is 18.0 Å². The Morgan fingerprint density at radius 3 is 2.38 bits per heavy atom. The van der Waals surface area contributed by atoms with Gasteiger partial charge in [0.15, 0.2) is 6.61 Å². The van der Waals surface area contributed by atoms with Gasteiger partial charge in [0.05, 0.1) is 12.1 Å². The Hall–Kier alpha value is -1.96. The first-order chi connectivity index (χ1) is 11.3. The van der Waals surface area contributed by atoms with Crippen LogP contribution in [0.1, 0.15) is 31.2 Å². The van der Waals surface area contributed by atoms with Gasteiger partial charge in [-0.25, -0.2) is 4.79 Å². The van der Waals surface area contributed by atoms with E-state index in [1.807, 2.05) is 0 Å². The smallest absolute Gasteiger partial charge is 0.422 e. The molecule has 1 aliphatic carbocycles. The first kappa shape index (κ1) is 18.4. The molecule has 1 fully saturated rings. The molecule has 1 aliphatic rings. The minimum absolute atomic E-state index is 0.0916. The van der Waals surface area contributed by atoms with Crippen molar-refractivity contribution in [1.82, 2.24) is 10.6 Å². The molecule has 1 aromatic rings. The number of nitrogens with one attached hydrogen (secondary N) is 2. The number of urea groups is 1. The highest BCUT2D eigenvalue weighted by molar-refractivity contribution is 5.74. The number of carbonyl (C=O) groups is 1. The minimum atomic E-state index is -4.37. The molecule has 0 heterocycles. The van der Waals surface area contributed by atoms with Gasteiger partial charge < -0.3 is 20.5 Å². The number of rotatable bonds is 6. The molecule has 0 spiro atoms. The monoisotopic (exact) mass is 346 g/mol. The van der Waals surface area contributed by atoms with Crippen molar-refractivity contribution < 1.29 is 27.8 Å². The van der Waals surface area contributed by atoms with E-state index in [0.717, 1.165) is 31.2 Å². The number of halogens is 3. The highest BCUT2D eigenvalue weighted by atomic mass is 19.4. The van der Waals surface area contributed by atoms with E-state index in [9.17, 15) is 23.1 Å². The third-order valence-electron chi connectivity index (χ3n) is 4.02. The van der Waals surface area contributed by atoms with Gasteiger partial charge in [-0.3, -0.25) is 0 Å². The van der Waals surface area contributed by atoms with E-state index in [0.29, 0.717) is 0 Å². The summed E-state index contributed by atoms with van der Waals surface area (Å²) >= 11 is 0. The first-order valence-electron chi connectivity index (χ1n) is 7.77. The molecule has 134 valence electrons. The van der Waals surface area contributed by atoms with Crippen LogP contribution in [-0.2, 0) is 6.54 Å². The standard InChI is InChI=1S/C16H21F3N2O3/c17-16(18,19)11-24-13-5-3-12(4-6-13)9-20-14(23)21-15(10-22)7-1-2-8-15/h3-6,22H,1-2,7-11H2,(H2,20,21,23). The molecule has 0 aliphatic heterocycles. The lowest BCUT2D eigenvalue weighted by molar-refractivity contribution is -0.153. The van der Waals surface area contributed by atoms with Crippen molar-refractivity contribution in [2.45, 2.75) is 43.9 Å². The molecular formula is C16H21F3N2O3. The Kier molecular flexibility index (Phi) is 5.93. The molecule has 5 nitrogen and oxygen atoms in total. The van der Waals surface area contributed by atoms with E-state index in [1.165, 1.54) is 12.1 Å². The van der Waals surface area contributed by atoms with E-state index >= 15 is 0 Å². The van der Waals surface area contributed by atoms with Crippen molar-refractivity contribution in [3.63, 3.8) is 0 Å². The third kappa shape index (κ3) is 5.59. The van der Waals surface area contributed by atoms with Crippen molar-refractivity contribution in [3.05, 3.63) is 29.8 Å². The number of hydrogen-bond acceptors (Lipinski definition) is 3. The number of aliphatic hydroxyl groups excluding tert-OH is 1. The van der Waals surface area contributed by atoms with Crippen molar-refractivity contribution >= 4 is 6.03 Å². The molecule has 8 heteroatoms. The van der Waals surface area contributed by atoms with Crippen LogP contribution in [0.25, 0.3) is 0 Å². The molecule has 3 N–H and O–H groups in total. The highest BCUT2D eigenvalue weighted by Crippen LogP contribution is 2.28. The predicted molar refractivity (Wildman–Crippen MR) is 81.6 cm³/mol. The first-order valence-corrected chi connectivity index (χ1v) is 7.77. The average molecular weight is 346 g/mol. The zero-order valence-electron chi connectivity index (χ0n) is 13.2. The number of aliphatic hydroxyl groups is 1. The van der Waals surface area contributed by atoms with Crippen molar-refractivity contribution in [1.29, 1.82) is 0 Å². The summed E-state index contributed by atoms with van der Waals surface area (Å²) in [4.78, 5) is 11.9. The number of amides is 2. The van der Waals surface area contributed by atoms with Gasteiger partial charge in [0.2, 0.25) is 0 Å². The van der Waals surface area contributed by atoms with Crippen LogP contribution in [0, 0.1) is 0 Å². The predicted octanol–water partition coefficient (Wildman–Crippen LogP) is 2.73. The summed E-state index contributed by atoms with van der Waals surface area (Å²) in [5.41, 5.74) is 0.188. The van der Waals surface area contributed by atoms with Gasteiger partial charge in [-0.05, 0) is 30.5 Å². The highest BCUT2D eigenvalue weighted by Gasteiger charge is 2.34. The fraction of sp³-hybridized carbons (Fsp3) is 0.562. The summed E-state index contributed by atoms with van der Waals surface area (Å²) in [5.74, 6) is 0.116. The molecule has 2 amide bonds. The summed E-state index contributed by atoms with van der Waals surface area (Å²) in [7, 11) is 0. The number of hydrogen-bond donors (Lipinski definition) is 3. The summed E-state index contributed by atoms with van der Waals surface area (Å²) < 4.78 is 40.8. The third-order valence-corrected chi connectivity index (χ3v) is 4.02. The van der Waals surface area contributed by atoms with E-state index in [2.05, 4.69) is 15.4 Å². The molecule has 24 heavy (non-hydrogen) atoms. The summed E-state index contributed by atoms with van der Waals surface area (Å²) in [5, 5.41) is 14.9. The van der Waals surface area contributed by atoms with E-state index in [4.69, 9.17) is 0 Å². The van der Waals surface area contributed by atoms with Crippen molar-refractivity contribution in [3.8, 4) is 5.75 Å².